The Morgan fingerprint density at radius 1 is 1.25 bits per heavy atom. The molecule has 1 saturated carbocycles. The minimum Gasteiger partial charge on any atom is -0.339 e. The monoisotopic (exact) mass is 226 g/mol. The van der Waals surface area contributed by atoms with E-state index in [2.05, 4.69) is 13.8 Å². The van der Waals surface area contributed by atoms with Gasteiger partial charge in [-0.05, 0) is 26.7 Å². The second kappa shape index (κ2) is 6.89. The van der Waals surface area contributed by atoms with E-state index in [1.54, 1.807) is 0 Å². The molecule has 0 aromatic carbocycles. The molecule has 94 valence electrons. The van der Waals surface area contributed by atoms with Crippen molar-refractivity contribution in [3.63, 3.8) is 0 Å². The molecule has 1 amide bonds. The van der Waals surface area contributed by atoms with Gasteiger partial charge in [0.25, 0.3) is 0 Å². The van der Waals surface area contributed by atoms with Crippen molar-refractivity contribution in [3.8, 4) is 0 Å². The van der Waals surface area contributed by atoms with Crippen LogP contribution >= 0.6 is 0 Å². The summed E-state index contributed by atoms with van der Waals surface area (Å²) in [7, 11) is 0. The molecule has 16 heavy (non-hydrogen) atoms. The molecule has 0 aromatic rings. The smallest absolute Gasteiger partial charge is 0.225 e. The third kappa shape index (κ3) is 3.78. The van der Waals surface area contributed by atoms with Gasteiger partial charge in [0.2, 0.25) is 5.91 Å². The first-order valence-electron chi connectivity index (χ1n) is 6.67. The number of nitrogens with two attached hydrogens (primary N) is 1. The summed E-state index contributed by atoms with van der Waals surface area (Å²) < 4.78 is 0. The molecule has 0 atom stereocenters. The lowest BCUT2D eigenvalue weighted by atomic mass is 9.98. The SMILES string of the molecule is CC(C)N(CCN)C(=O)C1CCCCCC1. The third-order valence-electron chi connectivity index (χ3n) is 3.48. The molecule has 1 fully saturated rings. The number of carbonyl (C=O) groups excluding carboxylic acids is 1. The highest BCUT2D eigenvalue weighted by molar-refractivity contribution is 5.79. The van der Waals surface area contributed by atoms with Gasteiger partial charge in [-0.2, -0.15) is 0 Å². The van der Waals surface area contributed by atoms with Crippen molar-refractivity contribution >= 4 is 5.91 Å². The van der Waals surface area contributed by atoms with Crippen LogP contribution in [0.4, 0.5) is 0 Å². The van der Waals surface area contributed by atoms with Gasteiger partial charge in [-0.25, -0.2) is 0 Å². The molecule has 0 radical (unpaired) electrons. The zero-order chi connectivity index (χ0) is 12.0. The van der Waals surface area contributed by atoms with E-state index in [1.807, 2.05) is 4.90 Å². The maximum atomic E-state index is 12.4. The second-order valence-corrected chi connectivity index (χ2v) is 5.10. The summed E-state index contributed by atoms with van der Waals surface area (Å²) in [5, 5.41) is 0. The van der Waals surface area contributed by atoms with Gasteiger partial charge in [-0.3, -0.25) is 4.79 Å². The fourth-order valence-corrected chi connectivity index (χ4v) is 2.52. The van der Waals surface area contributed by atoms with Crippen molar-refractivity contribution in [1.29, 1.82) is 0 Å². The zero-order valence-corrected chi connectivity index (χ0v) is 10.7. The highest BCUT2D eigenvalue weighted by atomic mass is 16.2. The van der Waals surface area contributed by atoms with Crippen LogP contribution in [0.15, 0.2) is 0 Å². The van der Waals surface area contributed by atoms with Gasteiger partial charge in [0.05, 0.1) is 0 Å². The van der Waals surface area contributed by atoms with Crippen LogP contribution in [0.1, 0.15) is 52.4 Å². The standard InChI is InChI=1S/C13H26N2O/c1-11(2)15(10-9-14)13(16)12-7-5-3-4-6-8-12/h11-12H,3-10,14H2,1-2H3. The van der Waals surface area contributed by atoms with Gasteiger partial charge in [-0.15, -0.1) is 0 Å². The maximum absolute atomic E-state index is 12.4. The van der Waals surface area contributed by atoms with E-state index in [4.69, 9.17) is 5.73 Å². The minimum atomic E-state index is 0.261. The Morgan fingerprint density at radius 2 is 1.81 bits per heavy atom. The van der Waals surface area contributed by atoms with Crippen LogP contribution in [0.5, 0.6) is 0 Å². The van der Waals surface area contributed by atoms with Gasteiger partial charge in [0, 0.05) is 25.0 Å². The Morgan fingerprint density at radius 3 is 2.25 bits per heavy atom. The topological polar surface area (TPSA) is 46.3 Å². The van der Waals surface area contributed by atoms with Crippen molar-refractivity contribution in [3.05, 3.63) is 0 Å². The summed E-state index contributed by atoms with van der Waals surface area (Å²) in [6.07, 6.45) is 7.17. The molecule has 0 spiro atoms. The van der Waals surface area contributed by atoms with Crippen LogP contribution < -0.4 is 5.73 Å². The number of hydrogen-bond donors (Lipinski definition) is 1. The molecule has 3 nitrogen and oxygen atoms in total. The van der Waals surface area contributed by atoms with Crippen molar-refractivity contribution < 1.29 is 4.79 Å². The molecule has 0 saturated heterocycles. The lowest BCUT2D eigenvalue weighted by Gasteiger charge is -2.30. The van der Waals surface area contributed by atoms with Gasteiger partial charge < -0.3 is 10.6 Å². The molecule has 0 aliphatic heterocycles. The summed E-state index contributed by atoms with van der Waals surface area (Å²) in [5.41, 5.74) is 5.57. The molecule has 0 bridgehead atoms. The summed E-state index contributed by atoms with van der Waals surface area (Å²) in [5.74, 6) is 0.596. The maximum Gasteiger partial charge on any atom is 0.225 e. The minimum absolute atomic E-state index is 0.261. The Balaban J connectivity index is 2.57. The number of nitrogens with zero attached hydrogens (tertiary/aromatic N) is 1. The highest BCUT2D eigenvalue weighted by Crippen LogP contribution is 2.25. The van der Waals surface area contributed by atoms with E-state index in [0.717, 1.165) is 12.8 Å². The van der Waals surface area contributed by atoms with Crippen LogP contribution in [0.25, 0.3) is 0 Å². The van der Waals surface area contributed by atoms with E-state index in [-0.39, 0.29) is 12.0 Å². The fraction of sp³-hybridized carbons (Fsp3) is 0.923. The predicted octanol–water partition coefficient (Wildman–Crippen LogP) is 2.15. The molecule has 0 aromatic heterocycles. The predicted molar refractivity (Wildman–Crippen MR) is 67.1 cm³/mol. The van der Waals surface area contributed by atoms with E-state index >= 15 is 0 Å². The molecule has 1 aliphatic carbocycles. The van der Waals surface area contributed by atoms with Crippen LogP contribution in [-0.2, 0) is 4.79 Å². The summed E-state index contributed by atoms with van der Waals surface area (Å²) >= 11 is 0. The highest BCUT2D eigenvalue weighted by Gasteiger charge is 2.25. The van der Waals surface area contributed by atoms with Crippen LogP contribution in [0.3, 0.4) is 0 Å². The number of hydrogen-bond acceptors (Lipinski definition) is 2. The van der Waals surface area contributed by atoms with Gasteiger partial charge in [0.1, 0.15) is 0 Å². The molecule has 1 aliphatic rings. The lowest BCUT2D eigenvalue weighted by molar-refractivity contribution is -0.137. The molecule has 1 rings (SSSR count). The van der Waals surface area contributed by atoms with E-state index in [1.165, 1.54) is 25.7 Å². The van der Waals surface area contributed by atoms with Crippen molar-refractivity contribution in [2.24, 2.45) is 11.7 Å². The number of carbonyl (C=O) groups is 1. The molecular weight excluding hydrogens is 200 g/mol. The number of amides is 1. The van der Waals surface area contributed by atoms with E-state index in [9.17, 15) is 4.79 Å². The van der Waals surface area contributed by atoms with Gasteiger partial charge in [0.15, 0.2) is 0 Å². The largest absolute Gasteiger partial charge is 0.339 e. The van der Waals surface area contributed by atoms with Crippen molar-refractivity contribution in [1.82, 2.24) is 4.90 Å². The quantitative estimate of drug-likeness (QED) is 0.747. The molecule has 2 N–H and O–H groups in total. The van der Waals surface area contributed by atoms with Crippen LogP contribution in [0, 0.1) is 5.92 Å². The molecule has 0 heterocycles. The summed E-state index contributed by atoms with van der Waals surface area (Å²) in [4.78, 5) is 14.3. The average Bonchev–Trinajstić information content (AvgIpc) is 2.53. The fourth-order valence-electron chi connectivity index (χ4n) is 2.52. The second-order valence-electron chi connectivity index (χ2n) is 5.10. The third-order valence-corrected chi connectivity index (χ3v) is 3.48. The summed E-state index contributed by atoms with van der Waals surface area (Å²) in [6, 6.07) is 0.277. The first-order valence-corrected chi connectivity index (χ1v) is 6.67. The van der Waals surface area contributed by atoms with E-state index in [0.29, 0.717) is 19.0 Å². The van der Waals surface area contributed by atoms with Crippen LogP contribution in [0.2, 0.25) is 0 Å². The van der Waals surface area contributed by atoms with Gasteiger partial charge in [-0.1, -0.05) is 25.7 Å². The number of rotatable bonds is 4. The first kappa shape index (κ1) is 13.5. The Hall–Kier alpha value is -0.570. The Kier molecular flexibility index (Phi) is 5.81. The first-order chi connectivity index (χ1) is 7.66. The average molecular weight is 226 g/mol. The lowest BCUT2D eigenvalue weighted by Crippen LogP contribution is -2.43. The molecule has 3 heteroatoms. The zero-order valence-electron chi connectivity index (χ0n) is 10.7. The van der Waals surface area contributed by atoms with Crippen molar-refractivity contribution in [2.75, 3.05) is 13.1 Å². The van der Waals surface area contributed by atoms with Crippen LogP contribution in [-0.4, -0.2) is 29.9 Å². The van der Waals surface area contributed by atoms with Crippen molar-refractivity contribution in [2.45, 2.75) is 58.4 Å². The normalized spacial score (nSPS) is 18.5. The Labute approximate surface area is 99.4 Å². The Bertz CT molecular complexity index is 208. The van der Waals surface area contributed by atoms with E-state index < -0.39 is 0 Å². The summed E-state index contributed by atoms with van der Waals surface area (Å²) in [6.45, 7) is 5.41. The molecule has 0 unspecified atom stereocenters. The molecular formula is C13H26N2O. The van der Waals surface area contributed by atoms with Gasteiger partial charge >= 0.3 is 0 Å².